The summed E-state index contributed by atoms with van der Waals surface area (Å²) in [5, 5.41) is 9.34. The number of anilines is 2. The fraction of sp³-hybridized carbons (Fsp3) is 0.600. The van der Waals surface area contributed by atoms with Crippen molar-refractivity contribution in [2.24, 2.45) is 0 Å². The standard InChI is InChI=1S/C15H23N3O3/c1-21-15(20)12-7-8-17-14(13(12)16)18(9-10-19)11-5-3-2-4-6-11/h7-8,11,19H,2-6,9-10,16H2,1H3. The molecule has 1 aromatic rings. The number of carbonyl (C=O) groups is 1. The molecule has 0 saturated heterocycles. The predicted octanol–water partition coefficient (Wildman–Crippen LogP) is 1.58. The molecule has 0 atom stereocenters. The molecule has 21 heavy (non-hydrogen) atoms. The van der Waals surface area contributed by atoms with Crippen LogP contribution < -0.4 is 10.6 Å². The highest BCUT2D eigenvalue weighted by Crippen LogP contribution is 2.31. The normalized spacial score (nSPS) is 15.7. The first kappa shape index (κ1) is 15.6. The van der Waals surface area contributed by atoms with Gasteiger partial charge in [-0.3, -0.25) is 0 Å². The van der Waals surface area contributed by atoms with Crippen molar-refractivity contribution in [3.63, 3.8) is 0 Å². The fourth-order valence-electron chi connectivity index (χ4n) is 2.94. The fourth-order valence-corrected chi connectivity index (χ4v) is 2.94. The molecule has 6 nitrogen and oxygen atoms in total. The van der Waals surface area contributed by atoms with Gasteiger partial charge in [0.25, 0.3) is 0 Å². The number of aliphatic hydroxyl groups is 1. The van der Waals surface area contributed by atoms with Gasteiger partial charge in [0.05, 0.1) is 25.0 Å². The van der Waals surface area contributed by atoms with Crippen LogP contribution in [0.1, 0.15) is 42.5 Å². The molecule has 116 valence electrons. The van der Waals surface area contributed by atoms with E-state index in [2.05, 4.69) is 4.98 Å². The van der Waals surface area contributed by atoms with Crippen molar-refractivity contribution in [2.75, 3.05) is 30.9 Å². The zero-order chi connectivity index (χ0) is 15.2. The maximum absolute atomic E-state index is 11.7. The lowest BCUT2D eigenvalue weighted by Gasteiger charge is -2.35. The van der Waals surface area contributed by atoms with Crippen LogP contribution in [0.2, 0.25) is 0 Å². The number of pyridine rings is 1. The van der Waals surface area contributed by atoms with Crippen molar-refractivity contribution in [1.82, 2.24) is 4.98 Å². The number of aromatic nitrogens is 1. The second-order valence-electron chi connectivity index (χ2n) is 5.30. The lowest BCUT2D eigenvalue weighted by atomic mass is 9.94. The van der Waals surface area contributed by atoms with Crippen LogP contribution in [0, 0.1) is 0 Å². The van der Waals surface area contributed by atoms with Crippen LogP contribution >= 0.6 is 0 Å². The third-order valence-electron chi connectivity index (χ3n) is 4.00. The minimum atomic E-state index is -0.469. The molecule has 1 fully saturated rings. The Morgan fingerprint density at radius 1 is 1.48 bits per heavy atom. The Balaban J connectivity index is 2.33. The number of hydrogen-bond acceptors (Lipinski definition) is 6. The van der Waals surface area contributed by atoms with Crippen molar-refractivity contribution >= 4 is 17.5 Å². The maximum Gasteiger partial charge on any atom is 0.340 e. The van der Waals surface area contributed by atoms with Gasteiger partial charge in [0.2, 0.25) is 0 Å². The van der Waals surface area contributed by atoms with E-state index in [0.717, 1.165) is 12.8 Å². The molecular weight excluding hydrogens is 270 g/mol. The van der Waals surface area contributed by atoms with E-state index in [1.807, 2.05) is 4.90 Å². The molecule has 0 unspecified atom stereocenters. The Labute approximate surface area is 124 Å². The number of methoxy groups -OCH3 is 1. The van der Waals surface area contributed by atoms with Crippen molar-refractivity contribution in [1.29, 1.82) is 0 Å². The molecule has 0 bridgehead atoms. The Hall–Kier alpha value is -1.82. The maximum atomic E-state index is 11.7. The number of esters is 1. The van der Waals surface area contributed by atoms with Crippen molar-refractivity contribution in [2.45, 2.75) is 38.1 Å². The van der Waals surface area contributed by atoms with Gasteiger partial charge in [0, 0.05) is 18.8 Å². The van der Waals surface area contributed by atoms with E-state index >= 15 is 0 Å². The van der Waals surface area contributed by atoms with Crippen LogP contribution in [0.5, 0.6) is 0 Å². The largest absolute Gasteiger partial charge is 0.465 e. The van der Waals surface area contributed by atoms with E-state index in [9.17, 15) is 9.90 Å². The van der Waals surface area contributed by atoms with Gasteiger partial charge >= 0.3 is 5.97 Å². The summed E-state index contributed by atoms with van der Waals surface area (Å²) in [5.74, 6) is 0.0996. The molecule has 0 aromatic carbocycles. The molecule has 0 aliphatic heterocycles. The van der Waals surface area contributed by atoms with E-state index in [0.29, 0.717) is 29.7 Å². The number of hydrogen-bond donors (Lipinski definition) is 2. The number of aliphatic hydroxyl groups excluding tert-OH is 1. The van der Waals surface area contributed by atoms with Crippen LogP contribution in [0.15, 0.2) is 12.3 Å². The number of nitrogens with two attached hydrogens (primary N) is 1. The summed E-state index contributed by atoms with van der Waals surface area (Å²) in [6, 6.07) is 1.87. The van der Waals surface area contributed by atoms with Crippen LogP contribution in [0.3, 0.4) is 0 Å². The van der Waals surface area contributed by atoms with Crippen LogP contribution in [0.4, 0.5) is 11.5 Å². The molecule has 1 heterocycles. The van der Waals surface area contributed by atoms with E-state index in [4.69, 9.17) is 10.5 Å². The van der Waals surface area contributed by atoms with Gasteiger partial charge in [-0.15, -0.1) is 0 Å². The zero-order valence-corrected chi connectivity index (χ0v) is 12.4. The molecule has 3 N–H and O–H groups in total. The predicted molar refractivity (Wildman–Crippen MR) is 81.3 cm³/mol. The minimum absolute atomic E-state index is 0.0278. The molecule has 0 radical (unpaired) electrons. The third-order valence-corrected chi connectivity index (χ3v) is 4.00. The molecule has 1 aliphatic carbocycles. The quantitative estimate of drug-likeness (QED) is 0.801. The Morgan fingerprint density at radius 3 is 2.81 bits per heavy atom. The van der Waals surface area contributed by atoms with Gasteiger partial charge in [-0.05, 0) is 18.9 Å². The van der Waals surface area contributed by atoms with Crippen LogP contribution in [-0.2, 0) is 4.74 Å². The number of nitrogen functional groups attached to an aromatic ring is 1. The van der Waals surface area contributed by atoms with E-state index in [-0.39, 0.29) is 6.61 Å². The topological polar surface area (TPSA) is 88.7 Å². The van der Waals surface area contributed by atoms with Gasteiger partial charge in [-0.2, -0.15) is 0 Å². The average Bonchev–Trinajstić information content (AvgIpc) is 2.53. The van der Waals surface area contributed by atoms with Gasteiger partial charge < -0.3 is 20.5 Å². The number of carbonyl (C=O) groups excluding carboxylic acids is 1. The lowest BCUT2D eigenvalue weighted by molar-refractivity contribution is 0.0602. The number of ether oxygens (including phenoxy) is 1. The van der Waals surface area contributed by atoms with Crippen LogP contribution in [-0.4, -0.2) is 42.4 Å². The van der Waals surface area contributed by atoms with Crippen LogP contribution in [0.25, 0.3) is 0 Å². The summed E-state index contributed by atoms with van der Waals surface area (Å²) < 4.78 is 4.74. The highest BCUT2D eigenvalue weighted by atomic mass is 16.5. The zero-order valence-electron chi connectivity index (χ0n) is 12.4. The van der Waals surface area contributed by atoms with Crippen molar-refractivity contribution in [3.05, 3.63) is 17.8 Å². The average molecular weight is 293 g/mol. The van der Waals surface area contributed by atoms with Gasteiger partial charge in [0.1, 0.15) is 0 Å². The molecule has 0 amide bonds. The van der Waals surface area contributed by atoms with E-state index in [1.165, 1.54) is 26.4 Å². The Morgan fingerprint density at radius 2 is 2.19 bits per heavy atom. The Kier molecular flexibility index (Phi) is 5.38. The van der Waals surface area contributed by atoms with Gasteiger partial charge in [-0.1, -0.05) is 19.3 Å². The monoisotopic (exact) mass is 293 g/mol. The van der Waals surface area contributed by atoms with Gasteiger partial charge in [0.15, 0.2) is 5.82 Å². The summed E-state index contributed by atoms with van der Waals surface area (Å²) in [6.45, 7) is 0.493. The van der Waals surface area contributed by atoms with E-state index in [1.54, 1.807) is 12.3 Å². The number of nitrogens with zero attached hydrogens (tertiary/aromatic N) is 2. The second kappa shape index (κ2) is 7.26. The van der Waals surface area contributed by atoms with Gasteiger partial charge in [-0.25, -0.2) is 9.78 Å². The summed E-state index contributed by atoms with van der Waals surface area (Å²) in [6.07, 6.45) is 7.26. The van der Waals surface area contributed by atoms with Crippen molar-refractivity contribution in [3.8, 4) is 0 Å². The lowest BCUT2D eigenvalue weighted by Crippen LogP contribution is -2.40. The first-order chi connectivity index (χ1) is 10.2. The summed E-state index contributed by atoms with van der Waals surface area (Å²) in [4.78, 5) is 18.1. The molecule has 1 aromatic heterocycles. The smallest absolute Gasteiger partial charge is 0.340 e. The third kappa shape index (κ3) is 3.44. The molecular formula is C15H23N3O3. The minimum Gasteiger partial charge on any atom is -0.465 e. The molecule has 6 heteroatoms. The first-order valence-corrected chi connectivity index (χ1v) is 7.39. The van der Waals surface area contributed by atoms with E-state index < -0.39 is 5.97 Å². The molecule has 1 saturated carbocycles. The highest BCUT2D eigenvalue weighted by molar-refractivity contribution is 5.97. The number of rotatable bonds is 5. The SMILES string of the molecule is COC(=O)c1ccnc(N(CCO)C2CCCCC2)c1N. The second-order valence-corrected chi connectivity index (χ2v) is 5.30. The summed E-state index contributed by atoms with van der Waals surface area (Å²) in [5.41, 5.74) is 6.75. The first-order valence-electron chi connectivity index (χ1n) is 7.39. The summed E-state index contributed by atoms with van der Waals surface area (Å²) in [7, 11) is 1.33. The highest BCUT2D eigenvalue weighted by Gasteiger charge is 2.25. The summed E-state index contributed by atoms with van der Waals surface area (Å²) >= 11 is 0. The molecule has 2 rings (SSSR count). The van der Waals surface area contributed by atoms with Crippen molar-refractivity contribution < 1.29 is 14.6 Å². The molecule has 0 spiro atoms. The molecule has 1 aliphatic rings. The Bertz CT molecular complexity index is 487.